The third-order valence-electron chi connectivity index (χ3n) is 2.45. The molecule has 1 rings (SSSR count). The van der Waals surface area contributed by atoms with Gasteiger partial charge >= 0.3 is 5.97 Å². The molecule has 0 aliphatic carbocycles. The summed E-state index contributed by atoms with van der Waals surface area (Å²) >= 11 is 0. The summed E-state index contributed by atoms with van der Waals surface area (Å²) in [5.41, 5.74) is 0. The van der Waals surface area contributed by atoms with Crippen LogP contribution in [0, 0.1) is 0 Å². The Morgan fingerprint density at radius 1 is 1.50 bits per heavy atom. The van der Waals surface area contributed by atoms with Crippen molar-refractivity contribution in [2.75, 3.05) is 26.2 Å². The zero-order valence-electron chi connectivity index (χ0n) is 11.6. The van der Waals surface area contributed by atoms with Crippen molar-refractivity contribution < 1.29 is 18.7 Å². The molecule has 0 fully saturated rings. The van der Waals surface area contributed by atoms with E-state index in [1.54, 1.807) is 36.3 Å². The lowest BCUT2D eigenvalue weighted by Gasteiger charge is -2.18. The number of ether oxygens (including phenoxy) is 1. The highest BCUT2D eigenvalue weighted by Gasteiger charge is 2.14. The van der Waals surface area contributed by atoms with Crippen LogP contribution in [0.3, 0.4) is 0 Å². The molecule has 1 aromatic heterocycles. The van der Waals surface area contributed by atoms with Gasteiger partial charge in [-0.2, -0.15) is 0 Å². The van der Waals surface area contributed by atoms with Crippen LogP contribution in [0.4, 0.5) is 0 Å². The minimum absolute atomic E-state index is 0.0635. The van der Waals surface area contributed by atoms with Crippen LogP contribution < -0.4 is 5.32 Å². The van der Waals surface area contributed by atoms with Crippen molar-refractivity contribution in [1.29, 1.82) is 0 Å². The van der Waals surface area contributed by atoms with E-state index in [4.69, 9.17) is 9.15 Å². The van der Waals surface area contributed by atoms with E-state index in [0.29, 0.717) is 25.5 Å². The maximum Gasteiger partial charge on any atom is 0.320 e. The molecule has 0 bridgehead atoms. The first-order valence-corrected chi connectivity index (χ1v) is 6.43. The number of carbonyl (C=O) groups is 2. The number of nitrogens with one attached hydrogen (secondary N) is 1. The average Bonchev–Trinajstić information content (AvgIpc) is 2.90. The smallest absolute Gasteiger partial charge is 0.320 e. The van der Waals surface area contributed by atoms with Crippen LogP contribution >= 0.6 is 0 Å². The molecule has 1 heterocycles. The van der Waals surface area contributed by atoms with Crippen molar-refractivity contribution in [1.82, 2.24) is 10.2 Å². The summed E-state index contributed by atoms with van der Waals surface area (Å²) in [6.45, 7) is 6.60. The molecule has 1 N–H and O–H groups in total. The van der Waals surface area contributed by atoms with E-state index in [2.05, 4.69) is 11.9 Å². The van der Waals surface area contributed by atoms with Crippen LogP contribution in [-0.2, 0) is 20.9 Å². The summed E-state index contributed by atoms with van der Waals surface area (Å²) in [6, 6.07) is 3.53. The third-order valence-corrected chi connectivity index (χ3v) is 2.45. The van der Waals surface area contributed by atoms with Gasteiger partial charge in [0.1, 0.15) is 5.76 Å². The molecule has 6 heteroatoms. The lowest BCUT2D eigenvalue weighted by Crippen LogP contribution is -2.40. The number of nitrogens with zero attached hydrogens (tertiary/aromatic N) is 1. The predicted molar refractivity (Wildman–Crippen MR) is 73.8 cm³/mol. The first-order chi connectivity index (χ1) is 9.65. The molecule has 0 spiro atoms. The molecule has 20 heavy (non-hydrogen) atoms. The minimum Gasteiger partial charge on any atom is -0.467 e. The molecule has 1 amide bonds. The average molecular weight is 280 g/mol. The number of hydrogen-bond acceptors (Lipinski definition) is 5. The first kappa shape index (κ1) is 16.0. The van der Waals surface area contributed by atoms with Gasteiger partial charge in [-0.15, -0.1) is 6.58 Å². The number of esters is 1. The molecule has 110 valence electrons. The first-order valence-electron chi connectivity index (χ1n) is 6.43. The Balaban J connectivity index is 2.37. The molecule has 0 aliphatic heterocycles. The van der Waals surface area contributed by atoms with Crippen LogP contribution in [0.15, 0.2) is 35.5 Å². The molecular formula is C14H20N2O4. The summed E-state index contributed by atoms with van der Waals surface area (Å²) < 4.78 is 9.97. The van der Waals surface area contributed by atoms with Crippen molar-refractivity contribution in [3.8, 4) is 0 Å². The monoisotopic (exact) mass is 280 g/mol. The highest BCUT2D eigenvalue weighted by molar-refractivity contribution is 5.79. The predicted octanol–water partition coefficient (Wildman–Crippen LogP) is 0.947. The fourth-order valence-electron chi connectivity index (χ4n) is 1.61. The normalized spacial score (nSPS) is 10.3. The van der Waals surface area contributed by atoms with Gasteiger partial charge in [0.15, 0.2) is 0 Å². The molecule has 0 saturated heterocycles. The van der Waals surface area contributed by atoms with Crippen molar-refractivity contribution in [2.45, 2.75) is 13.5 Å². The zero-order valence-corrected chi connectivity index (χ0v) is 11.6. The van der Waals surface area contributed by atoms with Crippen LogP contribution in [-0.4, -0.2) is 43.0 Å². The molecule has 0 aliphatic rings. The number of carbonyl (C=O) groups excluding carboxylic acids is 2. The Morgan fingerprint density at radius 3 is 2.90 bits per heavy atom. The van der Waals surface area contributed by atoms with Gasteiger partial charge in [-0.05, 0) is 19.1 Å². The van der Waals surface area contributed by atoms with Gasteiger partial charge in [0.05, 0.1) is 32.5 Å². The molecule has 0 aromatic carbocycles. The Morgan fingerprint density at radius 2 is 2.30 bits per heavy atom. The SMILES string of the molecule is C=CCN(CC(=O)NCc1ccco1)CC(=O)OCC. The van der Waals surface area contributed by atoms with E-state index < -0.39 is 0 Å². The van der Waals surface area contributed by atoms with E-state index in [1.807, 2.05) is 0 Å². The Labute approximate surface area is 118 Å². The van der Waals surface area contributed by atoms with Gasteiger partial charge in [0, 0.05) is 6.54 Å². The van der Waals surface area contributed by atoms with Gasteiger partial charge in [0.2, 0.25) is 5.91 Å². The van der Waals surface area contributed by atoms with Gasteiger partial charge < -0.3 is 14.5 Å². The van der Waals surface area contributed by atoms with Crippen molar-refractivity contribution >= 4 is 11.9 Å². The van der Waals surface area contributed by atoms with Gasteiger partial charge in [-0.25, -0.2) is 0 Å². The lowest BCUT2D eigenvalue weighted by atomic mass is 10.4. The fourth-order valence-corrected chi connectivity index (χ4v) is 1.61. The standard InChI is InChI=1S/C14H20N2O4/c1-3-7-16(11-14(18)19-4-2)10-13(17)15-9-12-6-5-8-20-12/h3,5-6,8H,1,4,7,9-11H2,2H3,(H,15,17). The maximum absolute atomic E-state index is 11.8. The largest absolute Gasteiger partial charge is 0.467 e. The molecule has 0 saturated carbocycles. The second-order valence-corrected chi connectivity index (χ2v) is 4.12. The molecule has 1 aromatic rings. The molecule has 0 radical (unpaired) electrons. The summed E-state index contributed by atoms with van der Waals surface area (Å²) in [6.07, 6.45) is 3.19. The van der Waals surface area contributed by atoms with Crippen molar-refractivity contribution in [2.24, 2.45) is 0 Å². The van der Waals surface area contributed by atoms with Crippen LogP contribution in [0.5, 0.6) is 0 Å². The number of furan rings is 1. The summed E-state index contributed by atoms with van der Waals surface area (Å²) in [7, 11) is 0. The Bertz CT molecular complexity index is 428. The van der Waals surface area contributed by atoms with Gasteiger partial charge in [-0.3, -0.25) is 14.5 Å². The van der Waals surface area contributed by atoms with E-state index in [1.165, 1.54) is 0 Å². The molecule has 0 unspecified atom stereocenters. The van der Waals surface area contributed by atoms with Crippen LogP contribution in [0.25, 0.3) is 0 Å². The fraction of sp³-hybridized carbons (Fsp3) is 0.429. The maximum atomic E-state index is 11.8. The number of rotatable bonds is 9. The topological polar surface area (TPSA) is 71.8 Å². The number of amides is 1. The summed E-state index contributed by atoms with van der Waals surface area (Å²) in [5.74, 6) is 0.139. The highest BCUT2D eigenvalue weighted by atomic mass is 16.5. The van der Waals surface area contributed by atoms with E-state index in [0.717, 1.165) is 0 Å². The van der Waals surface area contributed by atoms with Gasteiger partial charge in [-0.1, -0.05) is 6.08 Å². The Hall–Kier alpha value is -2.08. The second-order valence-electron chi connectivity index (χ2n) is 4.12. The van der Waals surface area contributed by atoms with Crippen LogP contribution in [0.2, 0.25) is 0 Å². The van der Waals surface area contributed by atoms with E-state index in [9.17, 15) is 9.59 Å². The molecule has 0 atom stereocenters. The number of hydrogen-bond donors (Lipinski definition) is 1. The molecular weight excluding hydrogens is 260 g/mol. The quantitative estimate of drug-likeness (QED) is 0.538. The van der Waals surface area contributed by atoms with E-state index >= 15 is 0 Å². The Kier molecular flexibility index (Phi) is 7.13. The zero-order chi connectivity index (χ0) is 14.8. The van der Waals surface area contributed by atoms with Gasteiger partial charge in [0.25, 0.3) is 0 Å². The summed E-state index contributed by atoms with van der Waals surface area (Å²) in [5, 5.41) is 2.72. The minimum atomic E-state index is -0.354. The van der Waals surface area contributed by atoms with E-state index in [-0.39, 0.29) is 25.0 Å². The highest BCUT2D eigenvalue weighted by Crippen LogP contribution is 1.98. The second kappa shape index (κ2) is 8.92. The van der Waals surface area contributed by atoms with Crippen molar-refractivity contribution in [3.63, 3.8) is 0 Å². The summed E-state index contributed by atoms with van der Waals surface area (Å²) in [4.78, 5) is 24.8. The third kappa shape index (κ3) is 6.19. The lowest BCUT2D eigenvalue weighted by molar-refractivity contribution is -0.144. The molecule has 6 nitrogen and oxygen atoms in total. The van der Waals surface area contributed by atoms with Crippen molar-refractivity contribution in [3.05, 3.63) is 36.8 Å². The van der Waals surface area contributed by atoms with Crippen LogP contribution in [0.1, 0.15) is 12.7 Å².